The molecule has 0 spiro atoms. The molecular formula is C13H9BrN4O. The molecule has 0 unspecified atom stereocenters. The Labute approximate surface area is 118 Å². The van der Waals surface area contributed by atoms with Gasteiger partial charge in [0.1, 0.15) is 5.69 Å². The molecule has 1 aromatic heterocycles. The standard InChI is InChI=1S/C13H9BrN4O/c14-10-5-8(7-15)1-2-11(10)18-13(19)12-6-9(16)3-4-17-12/h1-6H,(H2,16,17)(H,18,19). The molecule has 0 fully saturated rings. The van der Waals surface area contributed by atoms with Crippen molar-refractivity contribution >= 4 is 33.2 Å². The lowest BCUT2D eigenvalue weighted by Gasteiger charge is -2.07. The summed E-state index contributed by atoms with van der Waals surface area (Å²) in [6.45, 7) is 0. The van der Waals surface area contributed by atoms with Crippen LogP contribution < -0.4 is 11.1 Å². The average Bonchev–Trinajstić information content (AvgIpc) is 2.41. The molecule has 2 aromatic rings. The number of benzene rings is 1. The Kier molecular flexibility index (Phi) is 3.78. The Morgan fingerprint density at radius 1 is 1.37 bits per heavy atom. The first-order valence-corrected chi connectivity index (χ1v) is 6.12. The van der Waals surface area contributed by atoms with Crippen LogP contribution in [-0.2, 0) is 0 Å². The molecule has 0 atom stereocenters. The quantitative estimate of drug-likeness (QED) is 0.890. The van der Waals surface area contributed by atoms with Crippen LogP contribution in [0.4, 0.5) is 11.4 Å². The molecule has 3 N–H and O–H groups in total. The highest BCUT2D eigenvalue weighted by Gasteiger charge is 2.10. The van der Waals surface area contributed by atoms with E-state index in [0.29, 0.717) is 21.4 Å². The molecule has 5 nitrogen and oxygen atoms in total. The molecule has 1 amide bonds. The van der Waals surface area contributed by atoms with E-state index >= 15 is 0 Å². The van der Waals surface area contributed by atoms with Crippen LogP contribution in [0.1, 0.15) is 16.1 Å². The molecule has 0 saturated carbocycles. The number of nitrogens with one attached hydrogen (secondary N) is 1. The van der Waals surface area contributed by atoms with Crippen LogP contribution >= 0.6 is 15.9 Å². The Bertz CT molecular complexity index is 679. The highest BCUT2D eigenvalue weighted by Crippen LogP contribution is 2.23. The average molecular weight is 317 g/mol. The fourth-order valence-electron chi connectivity index (χ4n) is 1.44. The van der Waals surface area contributed by atoms with Crippen molar-refractivity contribution in [1.82, 2.24) is 4.98 Å². The van der Waals surface area contributed by atoms with Gasteiger partial charge in [-0.05, 0) is 46.3 Å². The number of nitrogens with zero attached hydrogens (tertiary/aromatic N) is 2. The maximum absolute atomic E-state index is 12.0. The topological polar surface area (TPSA) is 91.8 Å². The van der Waals surface area contributed by atoms with Gasteiger partial charge in [0.05, 0.1) is 17.3 Å². The van der Waals surface area contributed by atoms with E-state index in [9.17, 15) is 4.79 Å². The number of carbonyl (C=O) groups excluding carboxylic acids is 1. The highest BCUT2D eigenvalue weighted by molar-refractivity contribution is 9.10. The second kappa shape index (κ2) is 5.50. The summed E-state index contributed by atoms with van der Waals surface area (Å²) in [4.78, 5) is 15.9. The van der Waals surface area contributed by atoms with E-state index in [4.69, 9.17) is 11.0 Å². The molecule has 0 bridgehead atoms. The first-order valence-electron chi connectivity index (χ1n) is 5.32. The predicted molar refractivity (Wildman–Crippen MR) is 75.5 cm³/mol. The van der Waals surface area contributed by atoms with Crippen LogP contribution in [0.2, 0.25) is 0 Å². The number of halogens is 1. The molecular weight excluding hydrogens is 308 g/mol. The monoisotopic (exact) mass is 316 g/mol. The smallest absolute Gasteiger partial charge is 0.274 e. The van der Waals surface area contributed by atoms with E-state index in [1.807, 2.05) is 6.07 Å². The van der Waals surface area contributed by atoms with E-state index < -0.39 is 0 Å². The third-order valence-corrected chi connectivity index (χ3v) is 3.02. The van der Waals surface area contributed by atoms with Gasteiger partial charge in [-0.3, -0.25) is 9.78 Å². The second-order valence-corrected chi connectivity index (χ2v) is 4.59. The first kappa shape index (κ1) is 13.1. The number of pyridine rings is 1. The van der Waals surface area contributed by atoms with Crippen LogP contribution in [0.3, 0.4) is 0 Å². The van der Waals surface area contributed by atoms with E-state index in [-0.39, 0.29) is 11.6 Å². The van der Waals surface area contributed by atoms with Crippen molar-refractivity contribution in [1.29, 1.82) is 5.26 Å². The first-order chi connectivity index (χ1) is 9.10. The normalized spacial score (nSPS) is 9.68. The van der Waals surface area contributed by atoms with Gasteiger partial charge in [-0.2, -0.15) is 5.26 Å². The number of nitrogens with two attached hydrogens (primary N) is 1. The molecule has 1 aromatic carbocycles. The summed E-state index contributed by atoms with van der Waals surface area (Å²) in [5.74, 6) is -0.363. The Balaban J connectivity index is 2.22. The number of nitrogen functional groups attached to an aromatic ring is 1. The summed E-state index contributed by atoms with van der Waals surface area (Å²) < 4.78 is 0.629. The van der Waals surface area contributed by atoms with Crippen molar-refractivity contribution in [2.45, 2.75) is 0 Å². The SMILES string of the molecule is N#Cc1ccc(NC(=O)c2cc(N)ccn2)c(Br)c1. The maximum atomic E-state index is 12.0. The summed E-state index contributed by atoms with van der Waals surface area (Å²) in [5, 5.41) is 11.5. The van der Waals surface area contributed by atoms with Gasteiger partial charge < -0.3 is 11.1 Å². The third kappa shape index (κ3) is 3.09. The minimum atomic E-state index is -0.363. The minimum Gasteiger partial charge on any atom is -0.399 e. The van der Waals surface area contributed by atoms with Crippen LogP contribution in [0, 0.1) is 11.3 Å². The molecule has 0 aliphatic heterocycles. The van der Waals surface area contributed by atoms with Crippen LogP contribution in [0.25, 0.3) is 0 Å². The predicted octanol–water partition coefficient (Wildman–Crippen LogP) is 2.55. The summed E-state index contributed by atoms with van der Waals surface area (Å²) in [5.41, 5.74) is 7.37. The molecule has 2 rings (SSSR count). The van der Waals surface area contributed by atoms with Crippen LogP contribution in [0.15, 0.2) is 41.0 Å². The van der Waals surface area contributed by atoms with Crippen LogP contribution in [-0.4, -0.2) is 10.9 Å². The molecule has 0 aliphatic carbocycles. The van der Waals surface area contributed by atoms with Crippen molar-refractivity contribution in [2.75, 3.05) is 11.1 Å². The minimum absolute atomic E-state index is 0.233. The largest absolute Gasteiger partial charge is 0.399 e. The zero-order valence-corrected chi connectivity index (χ0v) is 11.3. The number of carbonyl (C=O) groups is 1. The number of hydrogen-bond acceptors (Lipinski definition) is 4. The van der Waals surface area contributed by atoms with Crippen molar-refractivity contribution in [3.63, 3.8) is 0 Å². The summed E-state index contributed by atoms with van der Waals surface area (Å²) >= 11 is 3.29. The van der Waals surface area contributed by atoms with Gasteiger partial charge in [-0.25, -0.2) is 0 Å². The highest BCUT2D eigenvalue weighted by atomic mass is 79.9. The van der Waals surface area contributed by atoms with Gasteiger partial charge in [0.25, 0.3) is 5.91 Å². The van der Waals surface area contributed by atoms with Gasteiger partial charge in [0, 0.05) is 16.4 Å². The molecule has 19 heavy (non-hydrogen) atoms. The number of hydrogen-bond donors (Lipinski definition) is 2. The lowest BCUT2D eigenvalue weighted by molar-refractivity contribution is 0.102. The van der Waals surface area contributed by atoms with E-state index in [0.717, 1.165) is 0 Å². The lowest BCUT2D eigenvalue weighted by atomic mass is 10.2. The fraction of sp³-hybridized carbons (Fsp3) is 0. The Morgan fingerprint density at radius 2 is 2.16 bits per heavy atom. The Morgan fingerprint density at radius 3 is 2.79 bits per heavy atom. The summed E-state index contributed by atoms with van der Waals surface area (Å²) in [7, 11) is 0. The second-order valence-electron chi connectivity index (χ2n) is 3.73. The van der Waals surface area contributed by atoms with Gasteiger partial charge in [-0.1, -0.05) is 0 Å². The third-order valence-electron chi connectivity index (χ3n) is 2.36. The molecule has 0 saturated heterocycles. The zero-order chi connectivity index (χ0) is 13.8. The number of amides is 1. The molecule has 94 valence electrons. The molecule has 0 aliphatic rings. The molecule has 0 radical (unpaired) electrons. The van der Waals surface area contributed by atoms with E-state index in [1.165, 1.54) is 12.3 Å². The summed E-state index contributed by atoms with van der Waals surface area (Å²) in [6, 6.07) is 10.0. The van der Waals surface area contributed by atoms with Gasteiger partial charge in [0.2, 0.25) is 0 Å². The van der Waals surface area contributed by atoms with Crippen molar-refractivity contribution in [2.24, 2.45) is 0 Å². The number of nitriles is 1. The zero-order valence-electron chi connectivity index (χ0n) is 9.72. The van der Waals surface area contributed by atoms with E-state index in [1.54, 1.807) is 24.3 Å². The van der Waals surface area contributed by atoms with Crippen LogP contribution in [0.5, 0.6) is 0 Å². The van der Waals surface area contributed by atoms with E-state index in [2.05, 4.69) is 26.2 Å². The number of aromatic nitrogens is 1. The number of rotatable bonds is 2. The van der Waals surface area contributed by atoms with Gasteiger partial charge in [-0.15, -0.1) is 0 Å². The van der Waals surface area contributed by atoms with Crippen molar-refractivity contribution < 1.29 is 4.79 Å². The summed E-state index contributed by atoms with van der Waals surface area (Å²) in [6.07, 6.45) is 1.47. The van der Waals surface area contributed by atoms with Crippen molar-refractivity contribution in [3.05, 3.63) is 52.3 Å². The van der Waals surface area contributed by atoms with Gasteiger partial charge in [0.15, 0.2) is 0 Å². The Hall–Kier alpha value is -2.39. The van der Waals surface area contributed by atoms with Crippen molar-refractivity contribution in [3.8, 4) is 6.07 Å². The molecule has 1 heterocycles. The lowest BCUT2D eigenvalue weighted by Crippen LogP contribution is -2.14. The fourth-order valence-corrected chi connectivity index (χ4v) is 1.92. The van der Waals surface area contributed by atoms with Gasteiger partial charge >= 0.3 is 0 Å². The number of anilines is 2. The molecule has 6 heteroatoms. The maximum Gasteiger partial charge on any atom is 0.274 e.